The molecule has 1 aromatic rings. The number of carbonyl (C=O) groups excluding carboxylic acids is 1. The second kappa shape index (κ2) is 11.4. The number of carbonyl (C=O) groups is 1. The van der Waals surface area contributed by atoms with Gasteiger partial charge in [0.25, 0.3) is 0 Å². The number of rotatable bonds is 11. The molecular formula is C19H28ClFO2. The molecule has 0 amide bonds. The topological polar surface area (TPSA) is 26.3 Å². The van der Waals surface area contributed by atoms with Crippen molar-refractivity contribution in [3.63, 3.8) is 0 Å². The fraction of sp³-hybridized carbons (Fsp3) is 0.632. The van der Waals surface area contributed by atoms with Gasteiger partial charge in [-0.25, -0.2) is 9.18 Å². The maximum atomic E-state index is 13.8. The second-order valence-electron chi connectivity index (χ2n) is 5.95. The van der Waals surface area contributed by atoms with E-state index in [9.17, 15) is 9.18 Å². The van der Waals surface area contributed by atoms with E-state index in [4.69, 9.17) is 16.3 Å². The van der Waals surface area contributed by atoms with Crippen LogP contribution in [-0.4, -0.2) is 12.1 Å². The fourth-order valence-electron chi connectivity index (χ4n) is 2.55. The molecule has 4 heteroatoms. The summed E-state index contributed by atoms with van der Waals surface area (Å²) in [4.78, 5) is 12.1. The zero-order valence-electron chi connectivity index (χ0n) is 14.2. The Morgan fingerprint density at radius 2 is 1.78 bits per heavy atom. The van der Waals surface area contributed by atoms with E-state index in [-0.39, 0.29) is 16.7 Å². The van der Waals surface area contributed by atoms with Gasteiger partial charge in [-0.05, 0) is 31.4 Å². The molecule has 1 unspecified atom stereocenters. The third-order valence-corrected chi connectivity index (χ3v) is 4.32. The number of unbranched alkanes of at least 4 members (excludes halogenated alkanes) is 6. The lowest BCUT2D eigenvalue weighted by atomic mass is 10.1. The van der Waals surface area contributed by atoms with Crippen LogP contribution in [0.2, 0.25) is 5.02 Å². The number of hydrogen-bond donors (Lipinski definition) is 0. The first kappa shape index (κ1) is 20.0. The van der Waals surface area contributed by atoms with Crippen LogP contribution in [0.15, 0.2) is 18.2 Å². The van der Waals surface area contributed by atoms with Gasteiger partial charge in [0, 0.05) is 0 Å². The van der Waals surface area contributed by atoms with Crippen LogP contribution in [0.25, 0.3) is 0 Å². The van der Waals surface area contributed by atoms with Crippen LogP contribution < -0.4 is 0 Å². The molecule has 0 aliphatic heterocycles. The summed E-state index contributed by atoms with van der Waals surface area (Å²) in [6, 6.07) is 4.38. The Bertz CT molecular complexity index is 476. The lowest BCUT2D eigenvalue weighted by Gasteiger charge is -2.16. The van der Waals surface area contributed by atoms with Crippen molar-refractivity contribution in [2.24, 2.45) is 0 Å². The Balaban J connectivity index is 2.35. The highest BCUT2D eigenvalue weighted by Gasteiger charge is 2.19. The molecular weight excluding hydrogens is 315 g/mol. The highest BCUT2D eigenvalue weighted by atomic mass is 35.5. The molecule has 0 radical (unpaired) electrons. The smallest absolute Gasteiger partial charge is 0.341 e. The van der Waals surface area contributed by atoms with Crippen molar-refractivity contribution < 1.29 is 13.9 Å². The van der Waals surface area contributed by atoms with Gasteiger partial charge in [-0.15, -0.1) is 0 Å². The van der Waals surface area contributed by atoms with E-state index >= 15 is 0 Å². The monoisotopic (exact) mass is 342 g/mol. The molecule has 2 nitrogen and oxygen atoms in total. The minimum Gasteiger partial charge on any atom is -0.459 e. The zero-order chi connectivity index (χ0) is 17.1. The molecule has 0 fully saturated rings. The van der Waals surface area contributed by atoms with Gasteiger partial charge >= 0.3 is 5.97 Å². The molecule has 0 N–H and O–H groups in total. The molecule has 0 aliphatic carbocycles. The molecule has 0 aromatic heterocycles. The third kappa shape index (κ3) is 7.34. The lowest BCUT2D eigenvalue weighted by Crippen LogP contribution is -2.18. The van der Waals surface area contributed by atoms with Crippen molar-refractivity contribution in [3.8, 4) is 0 Å². The summed E-state index contributed by atoms with van der Waals surface area (Å²) in [5, 5.41) is -0.0559. The van der Waals surface area contributed by atoms with E-state index in [2.05, 4.69) is 6.92 Å². The first-order chi connectivity index (χ1) is 11.1. The van der Waals surface area contributed by atoms with E-state index in [0.717, 1.165) is 25.7 Å². The molecule has 1 aromatic carbocycles. The zero-order valence-corrected chi connectivity index (χ0v) is 15.0. The molecule has 1 rings (SSSR count). The van der Waals surface area contributed by atoms with Crippen molar-refractivity contribution >= 4 is 17.6 Å². The van der Waals surface area contributed by atoms with Gasteiger partial charge in [0.15, 0.2) is 5.82 Å². The number of hydrogen-bond acceptors (Lipinski definition) is 2. The summed E-state index contributed by atoms with van der Waals surface area (Å²) in [6.07, 6.45) is 9.98. The van der Waals surface area contributed by atoms with Crippen molar-refractivity contribution in [2.75, 3.05) is 0 Å². The molecule has 23 heavy (non-hydrogen) atoms. The van der Waals surface area contributed by atoms with Gasteiger partial charge in [-0.2, -0.15) is 0 Å². The van der Waals surface area contributed by atoms with E-state index in [1.807, 2.05) is 6.92 Å². The van der Waals surface area contributed by atoms with Crippen molar-refractivity contribution in [2.45, 2.75) is 77.7 Å². The molecule has 0 saturated heterocycles. The SMILES string of the molecule is CCCCCCCCCC(CC)OC(=O)c1cccc(Cl)c1F. The average molecular weight is 343 g/mol. The molecule has 0 spiro atoms. The van der Waals surface area contributed by atoms with Gasteiger partial charge in [-0.1, -0.05) is 70.0 Å². The van der Waals surface area contributed by atoms with Crippen molar-refractivity contribution in [1.29, 1.82) is 0 Å². The van der Waals surface area contributed by atoms with Crippen LogP contribution in [0.3, 0.4) is 0 Å². The lowest BCUT2D eigenvalue weighted by molar-refractivity contribution is 0.0262. The predicted molar refractivity (Wildman–Crippen MR) is 93.5 cm³/mol. The molecule has 0 bridgehead atoms. The van der Waals surface area contributed by atoms with Crippen molar-refractivity contribution in [3.05, 3.63) is 34.6 Å². The number of benzene rings is 1. The first-order valence-electron chi connectivity index (χ1n) is 8.75. The summed E-state index contributed by atoms with van der Waals surface area (Å²) in [6.45, 7) is 4.19. The van der Waals surface area contributed by atoms with Crippen LogP contribution in [0, 0.1) is 5.82 Å². The largest absolute Gasteiger partial charge is 0.459 e. The average Bonchev–Trinajstić information content (AvgIpc) is 2.55. The quantitative estimate of drug-likeness (QED) is 0.336. The highest BCUT2D eigenvalue weighted by molar-refractivity contribution is 6.31. The predicted octanol–water partition coefficient (Wildman–Crippen LogP) is 6.56. The van der Waals surface area contributed by atoms with Crippen LogP contribution in [0.1, 0.15) is 82.0 Å². The maximum absolute atomic E-state index is 13.8. The summed E-state index contributed by atoms with van der Waals surface area (Å²) >= 11 is 5.70. The van der Waals surface area contributed by atoms with Crippen LogP contribution in [-0.2, 0) is 4.74 Å². The molecule has 1 atom stereocenters. The van der Waals surface area contributed by atoms with Gasteiger partial charge in [0.05, 0.1) is 10.6 Å². The molecule has 130 valence electrons. The Morgan fingerprint density at radius 3 is 2.43 bits per heavy atom. The molecule has 0 aliphatic rings. The Labute approximate surface area is 144 Å². The standard InChI is InChI=1S/C19H28ClFO2/c1-3-5-6-7-8-9-10-12-15(4-2)23-19(22)16-13-11-14-17(20)18(16)21/h11,13-15H,3-10,12H2,1-2H3. The number of ether oxygens (including phenoxy) is 1. The minimum absolute atomic E-state index is 0.0559. The Morgan fingerprint density at radius 1 is 1.13 bits per heavy atom. The second-order valence-corrected chi connectivity index (χ2v) is 6.35. The highest BCUT2D eigenvalue weighted by Crippen LogP contribution is 2.20. The Kier molecular flexibility index (Phi) is 9.93. The first-order valence-corrected chi connectivity index (χ1v) is 9.12. The number of esters is 1. The van der Waals surface area contributed by atoms with Gasteiger partial charge < -0.3 is 4.74 Å². The maximum Gasteiger partial charge on any atom is 0.341 e. The summed E-state index contributed by atoms with van der Waals surface area (Å²) < 4.78 is 19.3. The third-order valence-electron chi connectivity index (χ3n) is 4.03. The van der Waals surface area contributed by atoms with Gasteiger partial charge in [-0.3, -0.25) is 0 Å². The summed E-state index contributed by atoms with van der Waals surface area (Å²) in [5.74, 6) is -1.33. The van der Waals surface area contributed by atoms with E-state index in [1.54, 1.807) is 6.07 Å². The normalized spacial score (nSPS) is 12.2. The summed E-state index contributed by atoms with van der Waals surface area (Å²) in [5.41, 5.74) is -0.0875. The van der Waals surface area contributed by atoms with E-state index in [1.165, 1.54) is 44.2 Å². The van der Waals surface area contributed by atoms with E-state index < -0.39 is 11.8 Å². The Hall–Kier alpha value is -1.09. The van der Waals surface area contributed by atoms with Crippen molar-refractivity contribution in [1.82, 2.24) is 0 Å². The fourth-order valence-corrected chi connectivity index (χ4v) is 2.73. The van der Waals surface area contributed by atoms with Gasteiger partial charge in [0.2, 0.25) is 0 Å². The van der Waals surface area contributed by atoms with Crippen LogP contribution in [0.5, 0.6) is 0 Å². The van der Waals surface area contributed by atoms with Gasteiger partial charge in [0.1, 0.15) is 6.10 Å². The van der Waals surface area contributed by atoms with E-state index in [0.29, 0.717) is 0 Å². The summed E-state index contributed by atoms with van der Waals surface area (Å²) in [7, 11) is 0. The molecule has 0 heterocycles. The van der Waals surface area contributed by atoms with Crippen LogP contribution in [0.4, 0.5) is 4.39 Å². The molecule has 0 saturated carbocycles. The minimum atomic E-state index is -0.704. The van der Waals surface area contributed by atoms with Crippen LogP contribution >= 0.6 is 11.6 Å². The number of halogens is 2.